The van der Waals surface area contributed by atoms with Crippen LogP contribution in [0.15, 0.2) is 18.2 Å². The molecule has 5 heteroatoms. The van der Waals surface area contributed by atoms with E-state index in [1.807, 2.05) is 18.2 Å². The van der Waals surface area contributed by atoms with Gasteiger partial charge in [0.25, 0.3) is 11.8 Å². The Kier molecular flexibility index (Phi) is 66.1. The molecule has 0 unspecified atom stereocenters. The molecule has 500 valence electrons. The molecule has 2 N–H and O–H groups in total. The predicted octanol–water partition coefficient (Wildman–Crippen LogP) is 27.3. The van der Waals surface area contributed by atoms with Crippen LogP contribution in [0.4, 0.5) is 0 Å². The second-order valence-electron chi connectivity index (χ2n) is 27.3. The maximum Gasteiger partial charge on any atom is 0.255 e. The second-order valence-corrected chi connectivity index (χ2v) is 27.3. The smallest absolute Gasteiger partial charge is 0.255 e. The first-order valence-electron chi connectivity index (χ1n) is 39.5. The van der Waals surface area contributed by atoms with Crippen molar-refractivity contribution < 1.29 is 14.3 Å². The minimum Gasteiger partial charge on any atom is -0.493 e. The number of amides is 2. The van der Waals surface area contributed by atoms with Gasteiger partial charge in [-0.25, -0.2) is 0 Å². The van der Waals surface area contributed by atoms with Gasteiger partial charge >= 0.3 is 0 Å². The number of carbonyl (C=O) groups is 2. The standard InChI is InChI=1S/C80H152N2O3/c1-4-7-10-13-16-19-22-25-28-30-32-34-36-38-40-42-44-46-48-50-52-55-58-61-64-67-72-81-79(83)76-70-71-77(78(75-76)85-74-69-66-63-60-57-54-27-24-21-18-15-12-9-6-3)80(84)82-73-68-65-62-59-56-53-51-49-47-45-43-41-39-37-35-33-31-29-26-23-20-17-14-11-8-5-2/h70-71,75H,4-69,72-74H2,1-3H3,(H,81,83)(H,82,84). The van der Waals surface area contributed by atoms with Gasteiger partial charge in [0.2, 0.25) is 0 Å². The van der Waals surface area contributed by atoms with Gasteiger partial charge in [0, 0.05) is 18.7 Å². The van der Waals surface area contributed by atoms with Gasteiger partial charge in [0.05, 0.1) is 12.2 Å². The highest BCUT2D eigenvalue weighted by molar-refractivity contribution is 6.00. The van der Waals surface area contributed by atoms with Crippen LogP contribution in [0.25, 0.3) is 0 Å². The van der Waals surface area contributed by atoms with Crippen molar-refractivity contribution in [1.82, 2.24) is 10.6 Å². The molecule has 85 heavy (non-hydrogen) atoms. The first-order chi connectivity index (χ1) is 42.1. The lowest BCUT2D eigenvalue weighted by molar-refractivity contribution is 0.0937. The molecule has 0 aromatic heterocycles. The predicted molar refractivity (Wildman–Crippen MR) is 378 cm³/mol. The van der Waals surface area contributed by atoms with Crippen LogP contribution in [-0.4, -0.2) is 31.5 Å². The van der Waals surface area contributed by atoms with Crippen molar-refractivity contribution in [3.8, 4) is 5.75 Å². The third-order valence-electron chi connectivity index (χ3n) is 18.9. The summed E-state index contributed by atoms with van der Waals surface area (Å²) >= 11 is 0. The van der Waals surface area contributed by atoms with Crippen LogP contribution in [0.3, 0.4) is 0 Å². The Bertz CT molecular complexity index is 1480. The molecule has 0 heterocycles. The van der Waals surface area contributed by atoms with Crippen LogP contribution < -0.4 is 15.4 Å². The third-order valence-corrected chi connectivity index (χ3v) is 18.9. The first kappa shape index (κ1) is 81.0. The average molecular weight is 1190 g/mol. The zero-order valence-corrected chi connectivity index (χ0v) is 58.2. The summed E-state index contributed by atoms with van der Waals surface area (Å²) in [5, 5.41) is 6.36. The van der Waals surface area contributed by atoms with E-state index in [9.17, 15) is 9.59 Å². The lowest BCUT2D eigenvalue weighted by atomic mass is 10.0. The third kappa shape index (κ3) is 59.4. The van der Waals surface area contributed by atoms with E-state index < -0.39 is 0 Å². The fraction of sp³-hybridized carbons (Fsp3) is 0.900. The Morgan fingerprint density at radius 1 is 0.259 bits per heavy atom. The highest BCUT2D eigenvalue weighted by atomic mass is 16.5. The Balaban J connectivity index is 2.23. The molecule has 0 saturated carbocycles. The van der Waals surface area contributed by atoms with Gasteiger partial charge in [-0.15, -0.1) is 0 Å². The summed E-state index contributed by atoms with van der Waals surface area (Å²) in [5.41, 5.74) is 1.13. The number of ether oxygens (including phenoxy) is 1. The van der Waals surface area contributed by atoms with Gasteiger partial charge in [-0.1, -0.05) is 425 Å². The topological polar surface area (TPSA) is 67.4 Å². The monoisotopic (exact) mass is 1190 g/mol. The summed E-state index contributed by atoms with van der Waals surface area (Å²) in [5.74, 6) is 0.386. The summed E-state index contributed by atoms with van der Waals surface area (Å²) in [4.78, 5) is 26.9. The molecule has 0 aliphatic heterocycles. The SMILES string of the molecule is CCCCCCCCCCCCCCCCCCCCCCCCCCCCNC(=O)c1ccc(C(=O)NCCCCCCCCCCCCCCCCCCCCCCCCCCCC)c(OCCCCCCCCCCCCCCCC)c1. The number of hydrogen-bond acceptors (Lipinski definition) is 3. The van der Waals surface area contributed by atoms with Gasteiger partial charge in [-0.05, 0) is 37.5 Å². The lowest BCUT2D eigenvalue weighted by Gasteiger charge is -2.14. The van der Waals surface area contributed by atoms with Gasteiger partial charge < -0.3 is 15.4 Å². The van der Waals surface area contributed by atoms with E-state index in [1.165, 1.54) is 385 Å². The van der Waals surface area contributed by atoms with E-state index >= 15 is 0 Å². The van der Waals surface area contributed by atoms with Crippen molar-refractivity contribution in [2.45, 2.75) is 445 Å². The summed E-state index contributed by atoms with van der Waals surface area (Å²) in [7, 11) is 0. The molecular weight excluding hydrogens is 1040 g/mol. The van der Waals surface area contributed by atoms with E-state index in [-0.39, 0.29) is 11.8 Å². The minimum atomic E-state index is -0.0897. The maximum atomic E-state index is 13.6. The Morgan fingerprint density at radius 3 is 0.694 bits per heavy atom. The molecule has 0 fully saturated rings. The summed E-state index contributed by atoms with van der Waals surface area (Å²) < 4.78 is 6.34. The molecule has 0 spiro atoms. The molecule has 1 aromatic carbocycles. The maximum absolute atomic E-state index is 13.6. The largest absolute Gasteiger partial charge is 0.493 e. The average Bonchev–Trinajstić information content (AvgIpc) is 3.64. The van der Waals surface area contributed by atoms with E-state index in [0.29, 0.717) is 36.6 Å². The Labute approximate surface area is 533 Å². The Hall–Kier alpha value is -2.04. The van der Waals surface area contributed by atoms with E-state index in [1.54, 1.807) is 0 Å². The van der Waals surface area contributed by atoms with Gasteiger partial charge in [-0.2, -0.15) is 0 Å². The summed E-state index contributed by atoms with van der Waals surface area (Å²) in [6.07, 6.45) is 90.9. The van der Waals surface area contributed by atoms with Crippen molar-refractivity contribution in [3.05, 3.63) is 29.3 Å². The van der Waals surface area contributed by atoms with Crippen molar-refractivity contribution in [2.24, 2.45) is 0 Å². The molecule has 1 rings (SSSR count). The molecular formula is C80H152N2O3. The molecule has 2 amide bonds. The van der Waals surface area contributed by atoms with Crippen molar-refractivity contribution in [3.63, 3.8) is 0 Å². The quantitative estimate of drug-likeness (QED) is 0.0639. The molecule has 5 nitrogen and oxygen atoms in total. The zero-order valence-electron chi connectivity index (χ0n) is 58.2. The van der Waals surface area contributed by atoms with Gasteiger partial charge in [-0.3, -0.25) is 9.59 Å². The fourth-order valence-corrected chi connectivity index (χ4v) is 12.9. The molecule has 0 aliphatic carbocycles. The number of nitrogens with one attached hydrogen (secondary N) is 2. The van der Waals surface area contributed by atoms with Crippen molar-refractivity contribution >= 4 is 11.8 Å². The normalized spacial score (nSPS) is 11.5. The molecule has 0 saturated heterocycles. The lowest BCUT2D eigenvalue weighted by Crippen LogP contribution is -2.26. The summed E-state index contributed by atoms with van der Waals surface area (Å²) in [6, 6.07) is 5.44. The molecule has 0 atom stereocenters. The molecule has 0 bridgehead atoms. The number of benzene rings is 1. The highest BCUT2D eigenvalue weighted by Crippen LogP contribution is 2.24. The fourth-order valence-electron chi connectivity index (χ4n) is 12.9. The van der Waals surface area contributed by atoms with Gasteiger partial charge in [0.15, 0.2) is 0 Å². The van der Waals surface area contributed by atoms with E-state index in [0.717, 1.165) is 38.5 Å². The van der Waals surface area contributed by atoms with Crippen molar-refractivity contribution in [2.75, 3.05) is 19.7 Å². The first-order valence-corrected chi connectivity index (χ1v) is 39.5. The zero-order chi connectivity index (χ0) is 60.9. The number of carbonyl (C=O) groups excluding carboxylic acids is 2. The van der Waals surface area contributed by atoms with Crippen LogP contribution in [0.5, 0.6) is 5.75 Å². The summed E-state index contributed by atoms with van der Waals surface area (Å²) in [6.45, 7) is 8.84. The Morgan fingerprint density at radius 2 is 0.459 bits per heavy atom. The minimum absolute atomic E-state index is 0.0709. The number of unbranched alkanes of at least 4 members (excludes halogenated alkanes) is 63. The molecule has 0 aliphatic rings. The van der Waals surface area contributed by atoms with E-state index in [2.05, 4.69) is 31.4 Å². The van der Waals surface area contributed by atoms with Gasteiger partial charge in [0.1, 0.15) is 5.75 Å². The number of rotatable bonds is 72. The van der Waals surface area contributed by atoms with Crippen LogP contribution in [0.1, 0.15) is 465 Å². The van der Waals surface area contributed by atoms with Crippen LogP contribution in [0, 0.1) is 0 Å². The van der Waals surface area contributed by atoms with Crippen molar-refractivity contribution in [1.29, 1.82) is 0 Å². The number of hydrogen-bond donors (Lipinski definition) is 2. The molecule has 1 aromatic rings. The molecule has 0 radical (unpaired) electrons. The van der Waals surface area contributed by atoms with Crippen LogP contribution in [0.2, 0.25) is 0 Å². The highest BCUT2D eigenvalue weighted by Gasteiger charge is 2.16. The second kappa shape index (κ2) is 69.4. The van der Waals surface area contributed by atoms with Crippen LogP contribution in [-0.2, 0) is 0 Å². The van der Waals surface area contributed by atoms with E-state index in [4.69, 9.17) is 4.74 Å². The van der Waals surface area contributed by atoms with Crippen LogP contribution >= 0.6 is 0 Å².